The maximum atomic E-state index is 11.2. The number of rotatable bonds is 5. The molecule has 0 aliphatic carbocycles. The van der Waals surface area contributed by atoms with E-state index in [1.165, 1.54) is 19.5 Å². The molecule has 1 aromatic heterocycles. The van der Waals surface area contributed by atoms with Gasteiger partial charge in [-0.2, -0.15) is 0 Å². The van der Waals surface area contributed by atoms with Gasteiger partial charge in [0.15, 0.2) is 0 Å². The Balaban J connectivity index is 2.19. The molecule has 0 saturated heterocycles. The van der Waals surface area contributed by atoms with Gasteiger partial charge in [0.05, 0.1) is 18.4 Å². The lowest BCUT2D eigenvalue weighted by Gasteiger charge is -2.09. The molecule has 16 heavy (non-hydrogen) atoms. The first-order chi connectivity index (χ1) is 7.59. The molecule has 0 bridgehead atoms. The first-order valence-corrected chi connectivity index (χ1v) is 4.85. The fourth-order valence-electron chi connectivity index (χ4n) is 0.971. The Hall–Kier alpha value is -1.98. The average Bonchev–Trinajstić information content (AvgIpc) is 2.75. The van der Waals surface area contributed by atoms with Crippen LogP contribution in [0.4, 0.5) is 4.79 Å². The Labute approximate surface area is 92.6 Å². The lowest BCUT2D eigenvalue weighted by molar-refractivity contribution is -0.140. The number of carboxylic acid groups (broad SMARTS) is 1. The summed E-state index contributed by atoms with van der Waals surface area (Å²) in [5.74, 6) is -1.53. The highest BCUT2D eigenvalue weighted by Crippen LogP contribution is 1.98. The summed E-state index contributed by atoms with van der Waals surface area (Å²) in [6.07, 6.45) is 3.04. The van der Waals surface area contributed by atoms with Crippen LogP contribution in [0.5, 0.6) is 0 Å². The normalized spacial score (nSPS) is 11.8. The zero-order chi connectivity index (χ0) is 12.0. The second-order valence-electron chi connectivity index (χ2n) is 3.43. The number of carbonyl (C=O) groups is 2. The van der Waals surface area contributed by atoms with Crippen molar-refractivity contribution in [3.63, 3.8) is 0 Å². The van der Waals surface area contributed by atoms with Gasteiger partial charge in [0.1, 0.15) is 0 Å². The molecule has 0 aliphatic heterocycles. The fourth-order valence-corrected chi connectivity index (χ4v) is 0.971. The first kappa shape index (κ1) is 12.1. The van der Waals surface area contributed by atoms with Gasteiger partial charge in [0.25, 0.3) is 0 Å². The second-order valence-corrected chi connectivity index (χ2v) is 3.43. The average molecular weight is 226 g/mol. The van der Waals surface area contributed by atoms with Gasteiger partial charge in [-0.3, -0.25) is 4.79 Å². The van der Waals surface area contributed by atoms with E-state index in [0.29, 0.717) is 6.54 Å². The van der Waals surface area contributed by atoms with Crippen LogP contribution < -0.4 is 10.6 Å². The number of amides is 2. The van der Waals surface area contributed by atoms with Crippen molar-refractivity contribution in [2.75, 3.05) is 6.54 Å². The van der Waals surface area contributed by atoms with Crippen LogP contribution in [0, 0.1) is 5.92 Å². The molecule has 6 nitrogen and oxygen atoms in total. The number of furan rings is 1. The Morgan fingerprint density at radius 3 is 2.81 bits per heavy atom. The summed E-state index contributed by atoms with van der Waals surface area (Å²) in [6.45, 7) is 1.98. The Kier molecular flexibility index (Phi) is 4.38. The number of carboxylic acids is 1. The predicted octanol–water partition coefficient (Wildman–Crippen LogP) is 0.799. The second kappa shape index (κ2) is 5.79. The highest BCUT2D eigenvalue weighted by atomic mass is 16.4. The first-order valence-electron chi connectivity index (χ1n) is 4.85. The van der Waals surface area contributed by atoms with E-state index in [9.17, 15) is 9.59 Å². The molecule has 1 rings (SSSR count). The molecule has 6 heteroatoms. The van der Waals surface area contributed by atoms with Crippen molar-refractivity contribution in [2.45, 2.75) is 13.5 Å². The third kappa shape index (κ3) is 4.04. The Morgan fingerprint density at radius 1 is 1.50 bits per heavy atom. The van der Waals surface area contributed by atoms with Crippen LogP contribution in [0.15, 0.2) is 23.0 Å². The molecule has 0 saturated carbocycles. The minimum absolute atomic E-state index is 0.104. The van der Waals surface area contributed by atoms with Crippen LogP contribution in [0.3, 0.4) is 0 Å². The Bertz CT molecular complexity index is 348. The summed E-state index contributed by atoms with van der Waals surface area (Å²) < 4.78 is 4.83. The third-order valence-corrected chi connectivity index (χ3v) is 2.02. The van der Waals surface area contributed by atoms with E-state index < -0.39 is 17.9 Å². The van der Waals surface area contributed by atoms with Gasteiger partial charge in [-0.05, 0) is 6.07 Å². The molecule has 2 amide bonds. The summed E-state index contributed by atoms with van der Waals surface area (Å²) >= 11 is 0. The van der Waals surface area contributed by atoms with Gasteiger partial charge in [0.2, 0.25) is 0 Å². The number of carbonyl (C=O) groups excluding carboxylic acids is 1. The van der Waals surface area contributed by atoms with Crippen molar-refractivity contribution in [1.82, 2.24) is 10.6 Å². The molecule has 3 N–H and O–H groups in total. The lowest BCUT2D eigenvalue weighted by atomic mass is 10.2. The largest absolute Gasteiger partial charge is 0.481 e. The summed E-state index contributed by atoms with van der Waals surface area (Å²) in [4.78, 5) is 21.7. The van der Waals surface area contributed by atoms with Gasteiger partial charge in [-0.15, -0.1) is 0 Å². The highest BCUT2D eigenvalue weighted by molar-refractivity contribution is 5.75. The number of hydrogen-bond acceptors (Lipinski definition) is 3. The van der Waals surface area contributed by atoms with Gasteiger partial charge < -0.3 is 20.2 Å². The number of aliphatic carboxylic acids is 1. The van der Waals surface area contributed by atoms with Crippen molar-refractivity contribution in [3.8, 4) is 0 Å². The molecule has 88 valence electrons. The van der Waals surface area contributed by atoms with Crippen LogP contribution in [-0.4, -0.2) is 23.7 Å². The number of hydrogen-bond donors (Lipinski definition) is 3. The standard InChI is InChI=1S/C10H14N2O4/c1-7(9(13)14)4-11-10(15)12-5-8-2-3-16-6-8/h2-3,6-7H,4-5H2,1H3,(H,13,14)(H2,11,12,15). The van der Waals surface area contributed by atoms with E-state index in [-0.39, 0.29) is 6.54 Å². The lowest BCUT2D eigenvalue weighted by Crippen LogP contribution is -2.38. The zero-order valence-corrected chi connectivity index (χ0v) is 8.90. The quantitative estimate of drug-likeness (QED) is 0.692. The SMILES string of the molecule is CC(CNC(=O)NCc1ccoc1)C(=O)O. The smallest absolute Gasteiger partial charge is 0.315 e. The van der Waals surface area contributed by atoms with Gasteiger partial charge >= 0.3 is 12.0 Å². The van der Waals surface area contributed by atoms with Crippen LogP contribution in [-0.2, 0) is 11.3 Å². The van der Waals surface area contributed by atoms with E-state index in [1.807, 2.05) is 0 Å². The molecule has 0 radical (unpaired) electrons. The predicted molar refractivity (Wildman–Crippen MR) is 55.7 cm³/mol. The Morgan fingerprint density at radius 2 is 2.25 bits per heavy atom. The van der Waals surface area contributed by atoms with Gasteiger partial charge in [0, 0.05) is 18.7 Å². The number of urea groups is 1. The van der Waals surface area contributed by atoms with Gasteiger partial charge in [-0.25, -0.2) is 4.79 Å². The highest BCUT2D eigenvalue weighted by Gasteiger charge is 2.11. The minimum atomic E-state index is -0.935. The molecule has 0 fully saturated rings. The van der Waals surface area contributed by atoms with Gasteiger partial charge in [-0.1, -0.05) is 6.92 Å². The van der Waals surface area contributed by atoms with Crippen molar-refractivity contribution in [3.05, 3.63) is 24.2 Å². The van der Waals surface area contributed by atoms with Crippen LogP contribution in [0.25, 0.3) is 0 Å². The molecule has 1 heterocycles. The molecule has 0 aromatic carbocycles. The molecular formula is C10H14N2O4. The monoisotopic (exact) mass is 226 g/mol. The molecule has 1 aromatic rings. The summed E-state index contributed by atoms with van der Waals surface area (Å²) in [6, 6.07) is 1.34. The van der Waals surface area contributed by atoms with Crippen molar-refractivity contribution in [2.24, 2.45) is 5.92 Å². The van der Waals surface area contributed by atoms with Crippen molar-refractivity contribution < 1.29 is 19.1 Å². The maximum absolute atomic E-state index is 11.2. The zero-order valence-electron chi connectivity index (χ0n) is 8.90. The van der Waals surface area contributed by atoms with Crippen molar-refractivity contribution in [1.29, 1.82) is 0 Å². The maximum Gasteiger partial charge on any atom is 0.315 e. The molecule has 0 spiro atoms. The molecule has 0 aliphatic rings. The topological polar surface area (TPSA) is 91.6 Å². The minimum Gasteiger partial charge on any atom is -0.481 e. The number of nitrogens with one attached hydrogen (secondary N) is 2. The van der Waals surface area contributed by atoms with E-state index in [1.54, 1.807) is 6.07 Å². The molecule has 1 unspecified atom stereocenters. The summed E-state index contributed by atoms with van der Waals surface area (Å²) in [5, 5.41) is 13.6. The third-order valence-electron chi connectivity index (χ3n) is 2.02. The fraction of sp³-hybridized carbons (Fsp3) is 0.400. The molecular weight excluding hydrogens is 212 g/mol. The summed E-state index contributed by atoms with van der Waals surface area (Å²) in [5.41, 5.74) is 0.849. The van der Waals surface area contributed by atoms with E-state index in [2.05, 4.69) is 10.6 Å². The van der Waals surface area contributed by atoms with Crippen molar-refractivity contribution >= 4 is 12.0 Å². The molecule has 1 atom stereocenters. The van der Waals surface area contributed by atoms with E-state index in [4.69, 9.17) is 9.52 Å². The van der Waals surface area contributed by atoms with Crippen LogP contribution in [0.1, 0.15) is 12.5 Å². The van der Waals surface area contributed by atoms with E-state index in [0.717, 1.165) is 5.56 Å². The van der Waals surface area contributed by atoms with Crippen LogP contribution in [0.2, 0.25) is 0 Å². The van der Waals surface area contributed by atoms with Crippen LogP contribution >= 0.6 is 0 Å². The summed E-state index contributed by atoms with van der Waals surface area (Å²) in [7, 11) is 0. The van der Waals surface area contributed by atoms with E-state index >= 15 is 0 Å².